The van der Waals surface area contributed by atoms with E-state index in [1.807, 2.05) is 0 Å². The number of piperidine rings is 1. The first kappa shape index (κ1) is 29.5. The highest BCUT2D eigenvalue weighted by molar-refractivity contribution is 5.79. The lowest BCUT2D eigenvalue weighted by molar-refractivity contribution is -0.142. The van der Waals surface area contributed by atoms with Crippen molar-refractivity contribution in [1.29, 1.82) is 0 Å². The molecule has 0 saturated carbocycles. The number of carbonyl (C=O) groups is 1. The zero-order chi connectivity index (χ0) is 29.2. The zero-order valence-corrected chi connectivity index (χ0v) is 22.2. The van der Waals surface area contributed by atoms with Gasteiger partial charge in [-0.15, -0.1) is 0 Å². The highest BCUT2D eigenvalue weighted by Gasteiger charge is 2.42. The molecular formula is C31H31F6NO2. The van der Waals surface area contributed by atoms with Crippen LogP contribution in [0, 0.1) is 5.92 Å². The molecule has 2 atom stereocenters. The molecule has 3 aromatic carbocycles. The van der Waals surface area contributed by atoms with Gasteiger partial charge in [-0.05, 0) is 77.8 Å². The minimum atomic E-state index is -4.80. The van der Waals surface area contributed by atoms with Crippen molar-refractivity contribution in [1.82, 2.24) is 0 Å². The summed E-state index contributed by atoms with van der Waals surface area (Å²) < 4.78 is 83.6. The van der Waals surface area contributed by atoms with Crippen LogP contribution in [0.4, 0.5) is 32.0 Å². The molecule has 3 aromatic rings. The molecular weight excluding hydrogens is 532 g/mol. The van der Waals surface area contributed by atoms with Crippen molar-refractivity contribution in [3.63, 3.8) is 0 Å². The van der Waals surface area contributed by atoms with Gasteiger partial charge in [0.25, 0.3) is 0 Å². The summed E-state index contributed by atoms with van der Waals surface area (Å²) in [5, 5.41) is 10.0. The molecule has 2 unspecified atom stereocenters. The van der Waals surface area contributed by atoms with Crippen molar-refractivity contribution >= 4 is 11.7 Å². The maximum absolute atomic E-state index is 14.8. The van der Waals surface area contributed by atoms with Gasteiger partial charge in [0.2, 0.25) is 0 Å². The van der Waals surface area contributed by atoms with Crippen molar-refractivity contribution in [2.75, 3.05) is 18.0 Å². The lowest BCUT2D eigenvalue weighted by Crippen LogP contribution is -2.35. The Morgan fingerprint density at radius 1 is 0.925 bits per heavy atom. The van der Waals surface area contributed by atoms with E-state index in [1.165, 1.54) is 24.3 Å². The van der Waals surface area contributed by atoms with Crippen LogP contribution >= 0.6 is 0 Å². The Hall–Kier alpha value is -3.49. The van der Waals surface area contributed by atoms with Crippen LogP contribution in [0.2, 0.25) is 0 Å². The minimum absolute atomic E-state index is 0.0236. The summed E-state index contributed by atoms with van der Waals surface area (Å²) in [6.45, 7) is 4.19. The summed E-state index contributed by atoms with van der Waals surface area (Å²) in [6, 6.07) is 16.3. The molecule has 0 amide bonds. The Kier molecular flexibility index (Phi) is 8.52. The summed E-state index contributed by atoms with van der Waals surface area (Å²) in [5.74, 6) is -3.43. The smallest absolute Gasteiger partial charge is 0.416 e. The van der Waals surface area contributed by atoms with Gasteiger partial charge in [0.1, 0.15) is 0 Å². The molecule has 1 fully saturated rings. The van der Waals surface area contributed by atoms with Crippen molar-refractivity contribution in [3.8, 4) is 11.1 Å². The van der Waals surface area contributed by atoms with E-state index in [0.29, 0.717) is 36.2 Å². The maximum atomic E-state index is 14.8. The SMILES string of the molecule is CC(C)CC(C(=O)O)c1cc(-c2ccccc2)cc(C2CCCN(c3ccc(C(F)(F)F)cc3)C2)c1C(F)(F)F. The molecule has 3 nitrogen and oxygen atoms in total. The van der Waals surface area contributed by atoms with Crippen LogP contribution in [0.15, 0.2) is 66.7 Å². The van der Waals surface area contributed by atoms with Crippen molar-refractivity contribution in [2.45, 2.75) is 57.3 Å². The van der Waals surface area contributed by atoms with E-state index < -0.39 is 41.3 Å². The van der Waals surface area contributed by atoms with Crippen LogP contribution in [0.25, 0.3) is 11.1 Å². The van der Waals surface area contributed by atoms with E-state index >= 15 is 0 Å². The number of carboxylic acids is 1. The summed E-state index contributed by atoms with van der Waals surface area (Å²) in [7, 11) is 0. The van der Waals surface area contributed by atoms with Gasteiger partial charge in [-0.1, -0.05) is 50.2 Å². The number of halogens is 6. The summed E-state index contributed by atoms with van der Waals surface area (Å²) in [6.07, 6.45) is -8.29. The topological polar surface area (TPSA) is 40.5 Å². The minimum Gasteiger partial charge on any atom is -0.481 e. The second kappa shape index (κ2) is 11.6. The lowest BCUT2D eigenvalue weighted by Gasteiger charge is -2.36. The normalized spacial score (nSPS) is 17.2. The number of hydrogen-bond donors (Lipinski definition) is 1. The van der Waals surface area contributed by atoms with Crippen LogP contribution in [0.1, 0.15) is 67.2 Å². The Labute approximate surface area is 229 Å². The summed E-state index contributed by atoms with van der Waals surface area (Å²) in [5.41, 5.74) is -0.280. The fourth-order valence-electron chi connectivity index (χ4n) is 5.57. The molecule has 4 rings (SSSR count). The average molecular weight is 564 g/mol. The predicted octanol–water partition coefficient (Wildman–Crippen LogP) is 8.99. The van der Waals surface area contributed by atoms with E-state index in [1.54, 1.807) is 49.1 Å². The Morgan fingerprint density at radius 3 is 2.12 bits per heavy atom. The predicted molar refractivity (Wildman–Crippen MR) is 142 cm³/mol. The summed E-state index contributed by atoms with van der Waals surface area (Å²) in [4.78, 5) is 14.1. The van der Waals surface area contributed by atoms with Crippen LogP contribution in [-0.2, 0) is 17.1 Å². The molecule has 40 heavy (non-hydrogen) atoms. The maximum Gasteiger partial charge on any atom is 0.416 e. The molecule has 1 heterocycles. The number of rotatable bonds is 7. The average Bonchev–Trinajstić information content (AvgIpc) is 2.90. The number of carboxylic acid groups (broad SMARTS) is 1. The van der Waals surface area contributed by atoms with Crippen LogP contribution in [0.3, 0.4) is 0 Å². The first-order valence-corrected chi connectivity index (χ1v) is 13.2. The van der Waals surface area contributed by atoms with Gasteiger partial charge in [0, 0.05) is 24.7 Å². The van der Waals surface area contributed by atoms with Crippen molar-refractivity contribution in [3.05, 3.63) is 89.0 Å². The number of anilines is 1. The second-order valence-corrected chi connectivity index (χ2v) is 10.7. The monoisotopic (exact) mass is 563 g/mol. The van der Waals surface area contributed by atoms with Gasteiger partial charge in [-0.25, -0.2) is 0 Å². The second-order valence-electron chi connectivity index (χ2n) is 10.7. The van der Waals surface area contributed by atoms with Crippen molar-refractivity contribution < 1.29 is 36.2 Å². The zero-order valence-electron chi connectivity index (χ0n) is 22.2. The Bertz CT molecular complexity index is 1320. The van der Waals surface area contributed by atoms with Gasteiger partial charge in [0.05, 0.1) is 17.0 Å². The molecule has 1 aliphatic rings. The van der Waals surface area contributed by atoms with Gasteiger partial charge in [-0.3, -0.25) is 4.79 Å². The number of alkyl halides is 6. The Morgan fingerprint density at radius 2 is 1.57 bits per heavy atom. The van der Waals surface area contributed by atoms with Gasteiger partial charge < -0.3 is 10.0 Å². The first-order chi connectivity index (χ1) is 18.8. The van der Waals surface area contributed by atoms with E-state index in [-0.39, 0.29) is 30.0 Å². The lowest BCUT2D eigenvalue weighted by atomic mass is 9.78. The van der Waals surface area contributed by atoms with E-state index in [0.717, 1.165) is 12.1 Å². The molecule has 0 aliphatic carbocycles. The third-order valence-corrected chi connectivity index (χ3v) is 7.39. The molecule has 1 aliphatic heterocycles. The third kappa shape index (κ3) is 6.62. The largest absolute Gasteiger partial charge is 0.481 e. The van der Waals surface area contributed by atoms with Gasteiger partial charge in [-0.2, -0.15) is 26.3 Å². The molecule has 0 spiro atoms. The van der Waals surface area contributed by atoms with Gasteiger partial charge >= 0.3 is 18.3 Å². The molecule has 1 N–H and O–H groups in total. The highest BCUT2D eigenvalue weighted by Crippen LogP contribution is 2.46. The van der Waals surface area contributed by atoms with Crippen molar-refractivity contribution in [2.24, 2.45) is 5.92 Å². The van der Waals surface area contributed by atoms with Crippen LogP contribution in [0.5, 0.6) is 0 Å². The molecule has 1 saturated heterocycles. The quantitative estimate of drug-likeness (QED) is 0.292. The number of nitrogens with zero attached hydrogens (tertiary/aromatic N) is 1. The van der Waals surface area contributed by atoms with Crippen LogP contribution in [-0.4, -0.2) is 24.2 Å². The van der Waals surface area contributed by atoms with Gasteiger partial charge in [0.15, 0.2) is 0 Å². The fraction of sp³-hybridized carbons (Fsp3) is 0.387. The fourth-order valence-corrected chi connectivity index (χ4v) is 5.57. The van der Waals surface area contributed by atoms with E-state index in [9.17, 15) is 36.2 Å². The molecule has 0 aromatic heterocycles. The highest BCUT2D eigenvalue weighted by atomic mass is 19.4. The third-order valence-electron chi connectivity index (χ3n) is 7.39. The molecule has 9 heteroatoms. The first-order valence-electron chi connectivity index (χ1n) is 13.2. The number of benzene rings is 3. The number of hydrogen-bond acceptors (Lipinski definition) is 2. The number of aliphatic carboxylic acids is 1. The van der Waals surface area contributed by atoms with E-state index in [4.69, 9.17) is 0 Å². The standard InChI is InChI=1S/C31H31F6NO2/c1-19(2)15-27(29(39)40)26-17-22(20-7-4-3-5-8-20)16-25(28(26)31(35,36)37)21-9-6-14-38(18-21)24-12-10-23(11-13-24)30(32,33)34/h3-5,7-8,10-13,16-17,19,21,27H,6,9,14-15,18H2,1-2H3,(H,39,40). The Balaban J connectivity index is 1.85. The molecule has 0 radical (unpaired) electrons. The van der Waals surface area contributed by atoms with Crippen LogP contribution < -0.4 is 4.90 Å². The molecule has 0 bridgehead atoms. The summed E-state index contributed by atoms with van der Waals surface area (Å²) >= 11 is 0. The molecule has 214 valence electrons. The van der Waals surface area contributed by atoms with E-state index in [2.05, 4.69) is 0 Å².